The molecule has 186 valence electrons. The van der Waals surface area contributed by atoms with Crippen LogP contribution in [0.1, 0.15) is 43.1 Å². The molecule has 2 heterocycles. The molecule has 3 aromatic rings. The number of aromatic nitrogens is 2. The van der Waals surface area contributed by atoms with Crippen molar-refractivity contribution in [3.63, 3.8) is 0 Å². The van der Waals surface area contributed by atoms with Gasteiger partial charge in [0.1, 0.15) is 5.82 Å². The summed E-state index contributed by atoms with van der Waals surface area (Å²) in [7, 11) is 0. The first-order valence-corrected chi connectivity index (χ1v) is 13.6. The van der Waals surface area contributed by atoms with Gasteiger partial charge in [0, 0.05) is 74.4 Å². The molecule has 1 saturated heterocycles. The maximum atomic E-state index is 13.0. The maximum Gasteiger partial charge on any atom is 0.224 e. The Morgan fingerprint density at radius 2 is 1.86 bits per heavy atom. The number of halogens is 1. The maximum absolute atomic E-state index is 13.0. The lowest BCUT2D eigenvalue weighted by Crippen LogP contribution is -2.49. The minimum Gasteiger partial charge on any atom is -0.368 e. The number of carbonyl (C=O) groups is 1. The third-order valence-electron chi connectivity index (χ3n) is 6.39. The molecule has 0 unspecified atom stereocenters. The summed E-state index contributed by atoms with van der Waals surface area (Å²) in [4.78, 5) is 24.3. The number of amides is 1. The second-order valence-corrected chi connectivity index (χ2v) is 10.3. The van der Waals surface area contributed by atoms with Crippen LogP contribution in [0.2, 0.25) is 5.02 Å². The highest BCUT2D eigenvalue weighted by Gasteiger charge is 2.22. The van der Waals surface area contributed by atoms with E-state index in [1.54, 1.807) is 0 Å². The Balaban J connectivity index is 1.31. The Labute approximate surface area is 217 Å². The summed E-state index contributed by atoms with van der Waals surface area (Å²) in [5.41, 5.74) is 3.59. The van der Waals surface area contributed by atoms with E-state index in [4.69, 9.17) is 16.6 Å². The standard InChI is InChI=1S/C27H34ClN5OS/c1-3-4-13-33(27-29-25(30-35-27)19-22-10-8-21(2)9-11-22)14-12-26(34)32-17-15-31(16-18-32)24-7-5-6-23(28)20-24/h5-11,20H,3-4,12-19H2,1-2H3. The number of hydrogen-bond donors (Lipinski definition) is 0. The molecule has 0 aliphatic carbocycles. The zero-order valence-electron chi connectivity index (χ0n) is 20.6. The van der Waals surface area contributed by atoms with E-state index in [0.29, 0.717) is 13.0 Å². The Kier molecular flexibility index (Phi) is 8.99. The number of benzene rings is 2. The highest BCUT2D eigenvalue weighted by atomic mass is 35.5. The van der Waals surface area contributed by atoms with E-state index in [-0.39, 0.29) is 5.91 Å². The Morgan fingerprint density at radius 1 is 1.09 bits per heavy atom. The van der Waals surface area contributed by atoms with Crippen molar-refractivity contribution in [2.45, 2.75) is 39.5 Å². The first-order valence-electron chi connectivity index (χ1n) is 12.4. The quantitative estimate of drug-likeness (QED) is 0.363. The van der Waals surface area contributed by atoms with Crippen LogP contribution in [0.5, 0.6) is 0 Å². The summed E-state index contributed by atoms with van der Waals surface area (Å²) < 4.78 is 4.60. The van der Waals surface area contributed by atoms with E-state index in [2.05, 4.69) is 58.4 Å². The molecule has 0 atom stereocenters. The summed E-state index contributed by atoms with van der Waals surface area (Å²) in [5, 5.41) is 1.66. The molecule has 2 aromatic carbocycles. The fourth-order valence-corrected chi connectivity index (χ4v) is 5.18. The van der Waals surface area contributed by atoms with E-state index in [0.717, 1.165) is 73.7 Å². The van der Waals surface area contributed by atoms with Crippen LogP contribution in [-0.2, 0) is 11.2 Å². The molecule has 1 aliphatic rings. The van der Waals surface area contributed by atoms with Crippen molar-refractivity contribution in [1.29, 1.82) is 0 Å². The first kappa shape index (κ1) is 25.5. The van der Waals surface area contributed by atoms with Crippen LogP contribution in [0.15, 0.2) is 48.5 Å². The summed E-state index contributed by atoms with van der Waals surface area (Å²) in [6.45, 7) is 8.97. The summed E-state index contributed by atoms with van der Waals surface area (Å²) in [6, 6.07) is 16.4. The number of piperazine rings is 1. The zero-order chi connectivity index (χ0) is 24.6. The number of rotatable bonds is 10. The minimum absolute atomic E-state index is 0.210. The van der Waals surface area contributed by atoms with Crippen LogP contribution in [0.3, 0.4) is 0 Å². The predicted octanol–water partition coefficient (Wildman–Crippen LogP) is 5.44. The predicted molar refractivity (Wildman–Crippen MR) is 146 cm³/mol. The molecular formula is C27H34ClN5OS. The number of aryl methyl sites for hydroxylation is 1. The number of unbranched alkanes of at least 4 members (excludes halogenated alkanes) is 1. The van der Waals surface area contributed by atoms with Crippen LogP contribution in [-0.4, -0.2) is 59.4 Å². The van der Waals surface area contributed by atoms with Gasteiger partial charge in [0.2, 0.25) is 11.0 Å². The molecule has 1 aliphatic heterocycles. The van der Waals surface area contributed by atoms with Crippen molar-refractivity contribution in [3.05, 3.63) is 70.5 Å². The van der Waals surface area contributed by atoms with Crippen molar-refractivity contribution in [2.24, 2.45) is 0 Å². The zero-order valence-corrected chi connectivity index (χ0v) is 22.2. The lowest BCUT2D eigenvalue weighted by atomic mass is 10.1. The SMILES string of the molecule is CCCCN(CCC(=O)N1CCN(c2cccc(Cl)c2)CC1)c1nc(Cc2ccc(C)cc2)ns1. The van der Waals surface area contributed by atoms with Gasteiger partial charge in [0.05, 0.1) is 0 Å². The summed E-state index contributed by atoms with van der Waals surface area (Å²) in [5.74, 6) is 1.06. The van der Waals surface area contributed by atoms with Crippen molar-refractivity contribution >= 4 is 39.9 Å². The van der Waals surface area contributed by atoms with Gasteiger partial charge in [-0.3, -0.25) is 4.79 Å². The lowest BCUT2D eigenvalue weighted by molar-refractivity contribution is -0.131. The van der Waals surface area contributed by atoms with E-state index in [1.807, 2.05) is 23.1 Å². The summed E-state index contributed by atoms with van der Waals surface area (Å²) >= 11 is 7.58. The van der Waals surface area contributed by atoms with Gasteiger partial charge in [-0.25, -0.2) is 4.98 Å². The van der Waals surface area contributed by atoms with Gasteiger partial charge < -0.3 is 14.7 Å². The molecule has 1 aromatic heterocycles. The minimum atomic E-state index is 0.210. The van der Waals surface area contributed by atoms with E-state index >= 15 is 0 Å². The molecule has 4 rings (SSSR count). The molecule has 0 spiro atoms. The Morgan fingerprint density at radius 3 is 2.57 bits per heavy atom. The van der Waals surface area contributed by atoms with Crippen molar-refractivity contribution < 1.29 is 4.79 Å². The fraction of sp³-hybridized carbons (Fsp3) is 0.444. The van der Waals surface area contributed by atoms with Gasteiger partial charge in [-0.05, 0) is 37.1 Å². The third-order valence-corrected chi connectivity index (χ3v) is 7.44. The van der Waals surface area contributed by atoms with Gasteiger partial charge >= 0.3 is 0 Å². The van der Waals surface area contributed by atoms with Crippen LogP contribution in [0, 0.1) is 6.92 Å². The van der Waals surface area contributed by atoms with E-state index in [1.165, 1.54) is 22.7 Å². The Hall–Kier alpha value is -2.64. The average Bonchev–Trinajstić information content (AvgIpc) is 3.33. The molecule has 35 heavy (non-hydrogen) atoms. The number of anilines is 2. The van der Waals surface area contributed by atoms with Gasteiger partial charge in [-0.2, -0.15) is 4.37 Å². The molecule has 1 fully saturated rings. The second-order valence-electron chi connectivity index (χ2n) is 9.09. The molecular weight excluding hydrogens is 478 g/mol. The summed E-state index contributed by atoms with van der Waals surface area (Å²) in [6.07, 6.45) is 3.40. The molecule has 0 saturated carbocycles. The van der Waals surface area contributed by atoms with Crippen molar-refractivity contribution in [2.75, 3.05) is 49.1 Å². The van der Waals surface area contributed by atoms with Gasteiger partial charge in [0.25, 0.3) is 0 Å². The molecule has 0 N–H and O–H groups in total. The molecule has 0 bridgehead atoms. The van der Waals surface area contributed by atoms with Crippen LogP contribution in [0.4, 0.5) is 10.8 Å². The molecule has 0 radical (unpaired) electrons. The lowest BCUT2D eigenvalue weighted by Gasteiger charge is -2.36. The average molecular weight is 512 g/mol. The topological polar surface area (TPSA) is 52.6 Å². The number of carbonyl (C=O) groups excluding carboxylic acids is 1. The Bertz CT molecular complexity index is 1090. The number of hydrogen-bond acceptors (Lipinski definition) is 6. The largest absolute Gasteiger partial charge is 0.368 e. The molecule has 6 nitrogen and oxygen atoms in total. The highest BCUT2D eigenvalue weighted by Crippen LogP contribution is 2.22. The van der Waals surface area contributed by atoms with E-state index in [9.17, 15) is 4.79 Å². The van der Waals surface area contributed by atoms with Crippen LogP contribution >= 0.6 is 23.1 Å². The van der Waals surface area contributed by atoms with Crippen molar-refractivity contribution in [1.82, 2.24) is 14.3 Å². The number of nitrogens with zero attached hydrogens (tertiary/aromatic N) is 5. The normalized spacial score (nSPS) is 13.8. The van der Waals surface area contributed by atoms with Crippen LogP contribution < -0.4 is 9.80 Å². The smallest absolute Gasteiger partial charge is 0.224 e. The van der Waals surface area contributed by atoms with Crippen LogP contribution in [0.25, 0.3) is 0 Å². The van der Waals surface area contributed by atoms with Gasteiger partial charge in [0.15, 0.2) is 0 Å². The monoisotopic (exact) mass is 511 g/mol. The first-order chi connectivity index (χ1) is 17.0. The third kappa shape index (κ3) is 7.18. The van der Waals surface area contributed by atoms with Gasteiger partial charge in [-0.15, -0.1) is 0 Å². The highest BCUT2D eigenvalue weighted by molar-refractivity contribution is 7.09. The molecule has 1 amide bonds. The van der Waals surface area contributed by atoms with Crippen molar-refractivity contribution in [3.8, 4) is 0 Å². The van der Waals surface area contributed by atoms with Gasteiger partial charge in [-0.1, -0.05) is 60.8 Å². The fourth-order valence-electron chi connectivity index (χ4n) is 4.26. The van der Waals surface area contributed by atoms with E-state index < -0.39 is 0 Å². The second kappa shape index (κ2) is 12.4. The molecule has 8 heteroatoms.